The first-order valence-electron chi connectivity index (χ1n) is 8.22. The minimum atomic E-state index is -4.53. The predicted octanol–water partition coefficient (Wildman–Crippen LogP) is 3.99. The first kappa shape index (κ1) is 21.0. The summed E-state index contributed by atoms with van der Waals surface area (Å²) in [6.07, 6.45) is -4.53. The summed E-state index contributed by atoms with van der Waals surface area (Å²) in [6, 6.07) is 7.87. The van der Waals surface area contributed by atoms with Crippen molar-refractivity contribution in [3.8, 4) is 0 Å². The van der Waals surface area contributed by atoms with Gasteiger partial charge in [-0.2, -0.15) is 13.2 Å². The lowest BCUT2D eigenvalue weighted by molar-refractivity contribution is -0.141. The number of carbonyl (C=O) groups excluding carboxylic acids is 1. The molecular formula is C18H21F3N4OS. The Morgan fingerprint density at radius 1 is 1.19 bits per heavy atom. The normalized spacial score (nSPS) is 11.6. The molecule has 2 aromatic rings. The van der Waals surface area contributed by atoms with Crippen molar-refractivity contribution in [3.63, 3.8) is 0 Å². The number of halogens is 3. The molecule has 1 aromatic carbocycles. The Kier molecular flexibility index (Phi) is 6.69. The van der Waals surface area contributed by atoms with Crippen LogP contribution in [-0.2, 0) is 11.9 Å². The topological polar surface area (TPSA) is 58.1 Å². The fourth-order valence-electron chi connectivity index (χ4n) is 2.10. The summed E-state index contributed by atoms with van der Waals surface area (Å²) in [7, 11) is 3.25. The number of thioether (sulfide) groups is 1. The zero-order valence-corrected chi connectivity index (χ0v) is 16.3. The quantitative estimate of drug-likeness (QED) is 0.589. The first-order chi connectivity index (χ1) is 12.6. The van der Waals surface area contributed by atoms with Gasteiger partial charge in [-0.15, -0.1) is 0 Å². The molecule has 0 fully saturated rings. The van der Waals surface area contributed by atoms with E-state index in [1.807, 2.05) is 13.8 Å². The smallest absolute Gasteiger partial charge is 0.363 e. The second kappa shape index (κ2) is 8.60. The molecule has 0 unspecified atom stereocenters. The van der Waals surface area contributed by atoms with E-state index in [1.54, 1.807) is 38.4 Å². The highest BCUT2D eigenvalue weighted by Crippen LogP contribution is 2.31. The maximum Gasteiger partial charge on any atom is 0.433 e. The summed E-state index contributed by atoms with van der Waals surface area (Å²) in [5, 5.41) is 2.85. The number of carbonyl (C=O) groups is 1. The monoisotopic (exact) mass is 398 g/mol. The van der Waals surface area contributed by atoms with Gasteiger partial charge in [0.1, 0.15) is 5.82 Å². The molecule has 0 saturated heterocycles. The molecule has 0 aliphatic carbocycles. The molecule has 1 amide bonds. The van der Waals surface area contributed by atoms with Gasteiger partial charge >= 0.3 is 6.18 Å². The molecule has 0 saturated carbocycles. The standard InChI is InChI=1S/C18H21F3N4OS/c1-11(2)22-16(26)13-7-5-12(6-8-13)10-27-17-23-14(18(19,20)21)9-15(24-17)25(3)4/h5-9,11H,10H2,1-4H3,(H,22,26). The lowest BCUT2D eigenvalue weighted by atomic mass is 10.1. The number of nitrogens with one attached hydrogen (secondary N) is 1. The zero-order chi connectivity index (χ0) is 20.2. The van der Waals surface area contributed by atoms with Crippen molar-refractivity contribution in [2.24, 2.45) is 0 Å². The van der Waals surface area contributed by atoms with E-state index in [1.165, 1.54) is 4.90 Å². The Morgan fingerprint density at radius 2 is 1.81 bits per heavy atom. The molecule has 146 valence electrons. The van der Waals surface area contributed by atoms with Crippen LogP contribution in [0.25, 0.3) is 0 Å². The van der Waals surface area contributed by atoms with Crippen molar-refractivity contribution >= 4 is 23.5 Å². The van der Waals surface area contributed by atoms with Gasteiger partial charge in [0.15, 0.2) is 10.9 Å². The number of anilines is 1. The molecule has 2 rings (SSSR count). The number of alkyl halides is 3. The minimum Gasteiger partial charge on any atom is -0.363 e. The molecule has 1 aromatic heterocycles. The van der Waals surface area contributed by atoms with Gasteiger partial charge in [0.2, 0.25) is 0 Å². The summed E-state index contributed by atoms with van der Waals surface area (Å²) in [5.74, 6) is 0.418. The van der Waals surface area contributed by atoms with Crippen LogP contribution in [0.1, 0.15) is 35.5 Å². The molecule has 0 aliphatic heterocycles. The van der Waals surface area contributed by atoms with Gasteiger partial charge in [0, 0.05) is 37.5 Å². The lowest BCUT2D eigenvalue weighted by Gasteiger charge is -2.15. The van der Waals surface area contributed by atoms with Crippen LogP contribution < -0.4 is 10.2 Å². The third kappa shape index (κ3) is 6.13. The Labute approximate surface area is 160 Å². The van der Waals surface area contributed by atoms with E-state index in [0.29, 0.717) is 11.3 Å². The molecule has 0 bridgehead atoms. The molecule has 27 heavy (non-hydrogen) atoms. The fourth-order valence-corrected chi connectivity index (χ4v) is 2.91. The molecule has 0 atom stereocenters. The van der Waals surface area contributed by atoms with Crippen LogP contribution in [0.4, 0.5) is 19.0 Å². The Hall–Kier alpha value is -2.29. The van der Waals surface area contributed by atoms with Crippen molar-refractivity contribution in [1.82, 2.24) is 15.3 Å². The van der Waals surface area contributed by atoms with Gasteiger partial charge in [-0.05, 0) is 31.5 Å². The van der Waals surface area contributed by atoms with Gasteiger partial charge in [0.05, 0.1) is 0 Å². The van der Waals surface area contributed by atoms with E-state index < -0.39 is 11.9 Å². The summed E-state index contributed by atoms with van der Waals surface area (Å²) < 4.78 is 39.1. The van der Waals surface area contributed by atoms with Gasteiger partial charge in [-0.3, -0.25) is 4.79 Å². The zero-order valence-electron chi connectivity index (χ0n) is 15.5. The van der Waals surface area contributed by atoms with Gasteiger partial charge < -0.3 is 10.2 Å². The summed E-state index contributed by atoms with van der Waals surface area (Å²) in [6.45, 7) is 3.75. The first-order valence-corrected chi connectivity index (χ1v) is 9.21. The Balaban J connectivity index is 2.12. The summed E-state index contributed by atoms with van der Waals surface area (Å²) >= 11 is 1.11. The Bertz CT molecular complexity index is 792. The van der Waals surface area contributed by atoms with Crippen LogP contribution in [0.2, 0.25) is 0 Å². The molecule has 1 N–H and O–H groups in total. The van der Waals surface area contributed by atoms with E-state index >= 15 is 0 Å². The van der Waals surface area contributed by atoms with E-state index in [0.717, 1.165) is 23.4 Å². The molecule has 0 radical (unpaired) electrons. The van der Waals surface area contributed by atoms with Crippen LogP contribution in [-0.4, -0.2) is 36.0 Å². The number of rotatable bonds is 6. The molecule has 1 heterocycles. The molecule has 0 aliphatic rings. The highest BCUT2D eigenvalue weighted by atomic mass is 32.2. The third-order valence-corrected chi connectivity index (χ3v) is 4.36. The van der Waals surface area contributed by atoms with Crippen LogP contribution in [0, 0.1) is 0 Å². The van der Waals surface area contributed by atoms with Crippen LogP contribution >= 0.6 is 11.8 Å². The van der Waals surface area contributed by atoms with Crippen molar-refractivity contribution in [1.29, 1.82) is 0 Å². The lowest BCUT2D eigenvalue weighted by Crippen LogP contribution is -2.29. The maximum atomic E-state index is 13.0. The van der Waals surface area contributed by atoms with Crippen LogP contribution in [0.15, 0.2) is 35.5 Å². The molecular weight excluding hydrogens is 377 g/mol. The molecule has 0 spiro atoms. The predicted molar refractivity (Wildman–Crippen MR) is 100.0 cm³/mol. The highest BCUT2D eigenvalue weighted by molar-refractivity contribution is 7.98. The average Bonchev–Trinajstić information content (AvgIpc) is 2.58. The highest BCUT2D eigenvalue weighted by Gasteiger charge is 2.34. The second-order valence-electron chi connectivity index (χ2n) is 6.40. The van der Waals surface area contributed by atoms with E-state index in [4.69, 9.17) is 0 Å². The summed E-state index contributed by atoms with van der Waals surface area (Å²) in [5.41, 5.74) is 0.417. The SMILES string of the molecule is CC(C)NC(=O)c1ccc(CSc2nc(N(C)C)cc(C(F)(F)F)n2)cc1. The second-order valence-corrected chi connectivity index (χ2v) is 7.34. The molecule has 9 heteroatoms. The third-order valence-electron chi connectivity index (χ3n) is 3.44. The molecule has 5 nitrogen and oxygen atoms in total. The number of aromatic nitrogens is 2. The average molecular weight is 398 g/mol. The van der Waals surface area contributed by atoms with Crippen molar-refractivity contribution < 1.29 is 18.0 Å². The number of nitrogens with zero attached hydrogens (tertiary/aromatic N) is 3. The minimum absolute atomic E-state index is 0.0386. The Morgan fingerprint density at radius 3 is 2.33 bits per heavy atom. The van der Waals surface area contributed by atoms with Gasteiger partial charge in [-0.1, -0.05) is 23.9 Å². The maximum absolute atomic E-state index is 13.0. The van der Waals surface area contributed by atoms with E-state index in [9.17, 15) is 18.0 Å². The van der Waals surface area contributed by atoms with Gasteiger partial charge in [-0.25, -0.2) is 9.97 Å². The van der Waals surface area contributed by atoms with Crippen molar-refractivity contribution in [2.45, 2.75) is 37.0 Å². The number of benzene rings is 1. The number of hydrogen-bond acceptors (Lipinski definition) is 5. The van der Waals surface area contributed by atoms with E-state index in [2.05, 4.69) is 15.3 Å². The number of hydrogen-bond donors (Lipinski definition) is 1. The number of amides is 1. The van der Waals surface area contributed by atoms with Crippen LogP contribution in [0.5, 0.6) is 0 Å². The van der Waals surface area contributed by atoms with Crippen LogP contribution in [0.3, 0.4) is 0 Å². The largest absolute Gasteiger partial charge is 0.433 e. The van der Waals surface area contributed by atoms with Crippen molar-refractivity contribution in [3.05, 3.63) is 47.2 Å². The van der Waals surface area contributed by atoms with Crippen molar-refractivity contribution in [2.75, 3.05) is 19.0 Å². The fraction of sp³-hybridized carbons (Fsp3) is 0.389. The van der Waals surface area contributed by atoms with E-state index in [-0.39, 0.29) is 22.9 Å². The summed E-state index contributed by atoms with van der Waals surface area (Å²) in [4.78, 5) is 21.2. The van der Waals surface area contributed by atoms with Gasteiger partial charge in [0.25, 0.3) is 5.91 Å².